The van der Waals surface area contributed by atoms with Gasteiger partial charge in [0.05, 0.1) is 11.4 Å². The molecule has 2 heterocycles. The SMILES string of the molecule is c1ccc(-c2ccc(-c3cc(-c4ccc(-c5ccccc5)cc4)nc(-c4cccc5c(-c6cccc7oc8ccccc8c67)cccc45)n3)cc2)cc1. The lowest BCUT2D eigenvalue weighted by Gasteiger charge is -2.14. The molecule has 8 aromatic carbocycles. The second kappa shape index (κ2) is 12.9. The van der Waals surface area contributed by atoms with Crippen molar-refractivity contribution in [2.24, 2.45) is 0 Å². The van der Waals surface area contributed by atoms with Crippen LogP contribution in [0.5, 0.6) is 0 Å². The maximum absolute atomic E-state index is 6.27. The van der Waals surface area contributed by atoms with E-state index >= 15 is 0 Å². The first-order valence-corrected chi connectivity index (χ1v) is 17.9. The van der Waals surface area contributed by atoms with Crippen LogP contribution in [-0.2, 0) is 0 Å². The zero-order chi connectivity index (χ0) is 35.1. The van der Waals surface area contributed by atoms with E-state index in [1.807, 2.05) is 24.3 Å². The van der Waals surface area contributed by atoms with Crippen molar-refractivity contribution in [2.75, 3.05) is 0 Å². The highest BCUT2D eigenvalue weighted by Crippen LogP contribution is 2.41. The number of rotatable bonds is 6. The Labute approximate surface area is 307 Å². The van der Waals surface area contributed by atoms with Crippen molar-refractivity contribution < 1.29 is 4.42 Å². The number of furan rings is 1. The molecule has 0 aliphatic rings. The van der Waals surface area contributed by atoms with Gasteiger partial charge in [-0.1, -0.05) is 176 Å². The van der Waals surface area contributed by atoms with Crippen LogP contribution in [0.25, 0.3) is 100.0 Å². The molecule has 0 N–H and O–H groups in total. The summed E-state index contributed by atoms with van der Waals surface area (Å²) in [6.07, 6.45) is 0. The van der Waals surface area contributed by atoms with E-state index in [4.69, 9.17) is 14.4 Å². The second-order valence-electron chi connectivity index (χ2n) is 13.3. The fourth-order valence-corrected chi connectivity index (χ4v) is 7.53. The lowest BCUT2D eigenvalue weighted by Crippen LogP contribution is -1.97. The van der Waals surface area contributed by atoms with Gasteiger partial charge in [0.15, 0.2) is 5.82 Å². The third kappa shape index (κ3) is 5.56. The molecule has 2 aromatic heterocycles. The van der Waals surface area contributed by atoms with Crippen LogP contribution < -0.4 is 0 Å². The smallest absolute Gasteiger partial charge is 0.161 e. The molecule has 0 spiro atoms. The summed E-state index contributed by atoms with van der Waals surface area (Å²) in [5.41, 5.74) is 13.6. The molecule has 0 saturated heterocycles. The van der Waals surface area contributed by atoms with Crippen LogP contribution in [0, 0.1) is 0 Å². The van der Waals surface area contributed by atoms with Crippen molar-refractivity contribution in [3.8, 4) is 67.3 Å². The van der Waals surface area contributed by atoms with Crippen LogP contribution in [0.1, 0.15) is 0 Å². The number of hydrogen-bond acceptors (Lipinski definition) is 3. The van der Waals surface area contributed by atoms with Gasteiger partial charge in [-0.05, 0) is 62.4 Å². The normalized spacial score (nSPS) is 11.4. The van der Waals surface area contributed by atoms with Crippen molar-refractivity contribution in [3.05, 3.63) is 194 Å². The van der Waals surface area contributed by atoms with E-state index in [0.717, 1.165) is 71.9 Å². The Balaban J connectivity index is 1.14. The van der Waals surface area contributed by atoms with Gasteiger partial charge < -0.3 is 4.42 Å². The molecule has 53 heavy (non-hydrogen) atoms. The quantitative estimate of drug-likeness (QED) is 0.176. The Morgan fingerprint density at radius 1 is 0.302 bits per heavy atom. The van der Waals surface area contributed by atoms with E-state index < -0.39 is 0 Å². The third-order valence-electron chi connectivity index (χ3n) is 10.2. The minimum absolute atomic E-state index is 0.687. The maximum atomic E-state index is 6.27. The van der Waals surface area contributed by atoms with Crippen LogP contribution in [-0.4, -0.2) is 9.97 Å². The van der Waals surface area contributed by atoms with E-state index in [-0.39, 0.29) is 0 Å². The Bertz CT molecular complexity index is 2810. The minimum atomic E-state index is 0.687. The number of hydrogen-bond donors (Lipinski definition) is 0. The molecule has 0 amide bonds. The maximum Gasteiger partial charge on any atom is 0.161 e. The summed E-state index contributed by atoms with van der Waals surface area (Å²) in [5.74, 6) is 0.687. The molecule has 0 aliphatic carbocycles. The standard InChI is InChI=1S/C50H32N2O/c1-3-12-33(13-4-1)35-24-28-37(29-25-35)45-32-46(38-30-26-36(27-31-38)34-14-5-2-6-15-34)52-50(51-45)43-21-10-17-39-40(18-9-19-41(39)43)42-20-11-23-48-49(42)44-16-7-8-22-47(44)53-48/h1-32H. The van der Waals surface area contributed by atoms with E-state index in [2.05, 4.69) is 170 Å². The first kappa shape index (κ1) is 30.7. The van der Waals surface area contributed by atoms with E-state index in [0.29, 0.717) is 5.82 Å². The molecule has 248 valence electrons. The summed E-state index contributed by atoms with van der Waals surface area (Å²) in [5, 5.41) is 4.47. The molecule has 0 saturated carbocycles. The molecule has 0 unspecified atom stereocenters. The third-order valence-corrected chi connectivity index (χ3v) is 10.2. The summed E-state index contributed by atoms with van der Waals surface area (Å²) >= 11 is 0. The predicted octanol–water partition coefficient (Wildman–Crippen LogP) is 13.5. The van der Waals surface area contributed by atoms with Gasteiger partial charge in [0.25, 0.3) is 0 Å². The monoisotopic (exact) mass is 676 g/mol. The highest BCUT2D eigenvalue weighted by molar-refractivity contribution is 6.16. The summed E-state index contributed by atoms with van der Waals surface area (Å²) in [6, 6.07) is 67.9. The largest absolute Gasteiger partial charge is 0.456 e. The van der Waals surface area contributed by atoms with E-state index in [1.165, 1.54) is 22.3 Å². The number of aromatic nitrogens is 2. The molecule has 0 radical (unpaired) electrons. The minimum Gasteiger partial charge on any atom is -0.456 e. The Kier molecular flexibility index (Phi) is 7.47. The van der Waals surface area contributed by atoms with Crippen LogP contribution in [0.2, 0.25) is 0 Å². The Morgan fingerprint density at radius 2 is 0.736 bits per heavy atom. The molecule has 0 aliphatic heterocycles. The van der Waals surface area contributed by atoms with Crippen LogP contribution in [0.3, 0.4) is 0 Å². The van der Waals surface area contributed by atoms with E-state index in [1.54, 1.807) is 0 Å². The molecular formula is C50H32N2O. The van der Waals surface area contributed by atoms with E-state index in [9.17, 15) is 0 Å². The molecule has 3 nitrogen and oxygen atoms in total. The average Bonchev–Trinajstić information content (AvgIpc) is 3.63. The molecule has 0 atom stereocenters. The van der Waals surface area contributed by atoms with Gasteiger partial charge in [-0.25, -0.2) is 9.97 Å². The predicted molar refractivity (Wildman–Crippen MR) is 219 cm³/mol. The summed E-state index contributed by atoms with van der Waals surface area (Å²) in [6.45, 7) is 0. The Hall–Kier alpha value is -7.10. The summed E-state index contributed by atoms with van der Waals surface area (Å²) in [4.78, 5) is 10.6. The van der Waals surface area contributed by atoms with Crippen molar-refractivity contribution in [1.82, 2.24) is 9.97 Å². The van der Waals surface area contributed by atoms with Gasteiger partial charge in [0.2, 0.25) is 0 Å². The van der Waals surface area contributed by atoms with Crippen molar-refractivity contribution in [3.63, 3.8) is 0 Å². The zero-order valence-electron chi connectivity index (χ0n) is 28.8. The molecular weight excluding hydrogens is 645 g/mol. The number of benzene rings is 8. The van der Waals surface area contributed by atoms with Gasteiger partial charge >= 0.3 is 0 Å². The lowest BCUT2D eigenvalue weighted by atomic mass is 9.92. The topological polar surface area (TPSA) is 38.9 Å². The molecule has 3 heteroatoms. The second-order valence-corrected chi connectivity index (χ2v) is 13.3. The van der Waals surface area contributed by atoms with Crippen LogP contribution in [0.15, 0.2) is 199 Å². The molecule has 0 bridgehead atoms. The lowest BCUT2D eigenvalue weighted by molar-refractivity contribution is 0.669. The number of para-hydroxylation sites is 1. The van der Waals surface area contributed by atoms with Crippen molar-refractivity contribution in [2.45, 2.75) is 0 Å². The first-order chi connectivity index (χ1) is 26.3. The van der Waals surface area contributed by atoms with Gasteiger partial charge in [0.1, 0.15) is 11.2 Å². The average molecular weight is 677 g/mol. The Morgan fingerprint density at radius 3 is 1.36 bits per heavy atom. The number of fused-ring (bicyclic) bond motifs is 4. The van der Waals surface area contributed by atoms with Gasteiger partial charge in [-0.15, -0.1) is 0 Å². The highest BCUT2D eigenvalue weighted by atomic mass is 16.3. The zero-order valence-corrected chi connectivity index (χ0v) is 28.8. The van der Waals surface area contributed by atoms with Crippen LogP contribution >= 0.6 is 0 Å². The molecule has 10 aromatic rings. The number of nitrogens with zero attached hydrogens (tertiary/aromatic N) is 2. The van der Waals surface area contributed by atoms with Crippen molar-refractivity contribution in [1.29, 1.82) is 0 Å². The highest BCUT2D eigenvalue weighted by Gasteiger charge is 2.17. The molecule has 0 fully saturated rings. The van der Waals surface area contributed by atoms with Gasteiger partial charge in [0, 0.05) is 27.5 Å². The van der Waals surface area contributed by atoms with Crippen molar-refractivity contribution >= 4 is 32.7 Å². The van der Waals surface area contributed by atoms with Gasteiger partial charge in [-0.2, -0.15) is 0 Å². The fourth-order valence-electron chi connectivity index (χ4n) is 7.53. The van der Waals surface area contributed by atoms with Crippen LogP contribution in [0.4, 0.5) is 0 Å². The van der Waals surface area contributed by atoms with Gasteiger partial charge in [-0.3, -0.25) is 0 Å². The molecule has 10 rings (SSSR count). The fraction of sp³-hybridized carbons (Fsp3) is 0. The summed E-state index contributed by atoms with van der Waals surface area (Å²) in [7, 11) is 0. The first-order valence-electron chi connectivity index (χ1n) is 17.9. The summed E-state index contributed by atoms with van der Waals surface area (Å²) < 4.78 is 6.27.